The quantitative estimate of drug-likeness (QED) is 0.129. The largest absolute Gasteiger partial charge is 0.391 e. The first kappa shape index (κ1) is 41.4. The molecule has 0 saturated carbocycles. The molecule has 0 spiro atoms. The van der Waals surface area contributed by atoms with Gasteiger partial charge in [0.05, 0.1) is 35.7 Å². The molecule has 2 aromatic carbocycles. The minimum absolute atomic E-state index is 0.00511. The van der Waals surface area contributed by atoms with Gasteiger partial charge < -0.3 is 31.5 Å². The Bertz CT molecular complexity index is 1660. The number of hydrogen-bond acceptors (Lipinski definition) is 8. The summed E-state index contributed by atoms with van der Waals surface area (Å²) in [5.41, 5.74) is 1.62. The lowest BCUT2D eigenvalue weighted by Gasteiger charge is -2.29. The van der Waals surface area contributed by atoms with Crippen LogP contribution < -0.4 is 26.0 Å². The lowest BCUT2D eigenvalue weighted by molar-refractivity contribution is -0.132. The Hall–Kier alpha value is -4.01. The highest BCUT2D eigenvalue weighted by molar-refractivity contribution is 7.92. The number of carbonyl (C=O) groups excluding carboxylic acids is 4. The van der Waals surface area contributed by atoms with E-state index >= 15 is 0 Å². The van der Waals surface area contributed by atoms with E-state index < -0.39 is 64.0 Å². The summed E-state index contributed by atoms with van der Waals surface area (Å²) >= 11 is 0. The zero-order valence-electron chi connectivity index (χ0n) is 30.8. The van der Waals surface area contributed by atoms with Crippen molar-refractivity contribution >= 4 is 39.3 Å². The van der Waals surface area contributed by atoms with Gasteiger partial charge in [-0.15, -0.1) is 0 Å². The number of hydrogen-bond donors (Lipinski definition) is 7. The molecule has 0 bridgehead atoms. The zero-order valence-corrected chi connectivity index (χ0v) is 31.6. The van der Waals surface area contributed by atoms with Crippen LogP contribution in [0.15, 0.2) is 42.5 Å². The summed E-state index contributed by atoms with van der Waals surface area (Å²) in [6.45, 7) is 14.2. The van der Waals surface area contributed by atoms with E-state index in [0.29, 0.717) is 12.8 Å². The van der Waals surface area contributed by atoms with Gasteiger partial charge in [-0.1, -0.05) is 58.9 Å². The topological polar surface area (TPSA) is 203 Å². The molecule has 6 atom stereocenters. The highest BCUT2D eigenvalue weighted by atomic mass is 32.2. The standard InChI is InChI=1S/C37H55N5O8S/c1-9-51(49,50)42-27-17-25(16-26(18-27)36(47)41-33-28-13-11-10-12-24(28)19-31(33)44)35(46)39-29(14-20(2)3)30(43)15-23(8)34(45)40-32(21(4)5)37(48)38-22(6)7/h10-13,16-18,20-23,29-33,42-44H,9,14-15,19H2,1-8H3,(H,38,48)(H,39,46)(H,40,45)(H,41,47). The predicted octanol–water partition coefficient (Wildman–Crippen LogP) is 3.03. The van der Waals surface area contributed by atoms with Crippen LogP contribution >= 0.6 is 0 Å². The van der Waals surface area contributed by atoms with Crippen LogP contribution in [0.5, 0.6) is 0 Å². The minimum atomic E-state index is -3.78. The van der Waals surface area contributed by atoms with E-state index in [4.69, 9.17) is 0 Å². The highest BCUT2D eigenvalue weighted by Crippen LogP contribution is 2.32. The first-order chi connectivity index (χ1) is 23.8. The maximum atomic E-state index is 13.8. The molecule has 0 fully saturated rings. The molecule has 51 heavy (non-hydrogen) atoms. The van der Waals surface area contributed by atoms with Gasteiger partial charge in [0, 0.05) is 29.5 Å². The molecular weight excluding hydrogens is 675 g/mol. The van der Waals surface area contributed by atoms with Gasteiger partial charge >= 0.3 is 0 Å². The number of aliphatic hydroxyl groups is 2. The first-order valence-electron chi connectivity index (χ1n) is 17.6. The van der Waals surface area contributed by atoms with E-state index in [1.165, 1.54) is 25.1 Å². The summed E-state index contributed by atoms with van der Waals surface area (Å²) in [7, 11) is -3.78. The van der Waals surface area contributed by atoms with Crippen molar-refractivity contribution in [1.82, 2.24) is 21.3 Å². The molecule has 282 valence electrons. The lowest BCUT2D eigenvalue weighted by Crippen LogP contribution is -2.53. The molecule has 1 aliphatic carbocycles. The monoisotopic (exact) mass is 729 g/mol. The average Bonchev–Trinajstić information content (AvgIpc) is 3.36. The summed E-state index contributed by atoms with van der Waals surface area (Å²) in [6, 6.07) is 8.92. The van der Waals surface area contributed by atoms with Crippen molar-refractivity contribution in [3.8, 4) is 0 Å². The van der Waals surface area contributed by atoms with Gasteiger partial charge in [0.2, 0.25) is 21.8 Å². The number of carbonyl (C=O) groups is 4. The summed E-state index contributed by atoms with van der Waals surface area (Å²) in [5, 5.41) is 33.3. The van der Waals surface area contributed by atoms with Crippen LogP contribution in [0.3, 0.4) is 0 Å². The number of amides is 4. The smallest absolute Gasteiger partial charge is 0.251 e. The molecule has 0 radical (unpaired) electrons. The van der Waals surface area contributed by atoms with Crippen LogP contribution in [0.25, 0.3) is 0 Å². The Kier molecular flexibility index (Phi) is 14.6. The van der Waals surface area contributed by atoms with Gasteiger partial charge in [-0.25, -0.2) is 8.42 Å². The van der Waals surface area contributed by atoms with Crippen molar-refractivity contribution in [3.05, 3.63) is 64.7 Å². The second-order valence-electron chi connectivity index (χ2n) is 14.5. The molecule has 1 aliphatic rings. The minimum Gasteiger partial charge on any atom is -0.391 e. The molecule has 0 saturated heterocycles. The second kappa shape index (κ2) is 18.0. The van der Waals surface area contributed by atoms with Gasteiger partial charge in [-0.05, 0) is 74.8 Å². The molecule has 0 aromatic heterocycles. The third kappa shape index (κ3) is 11.8. The van der Waals surface area contributed by atoms with Gasteiger partial charge in [-0.3, -0.25) is 23.9 Å². The van der Waals surface area contributed by atoms with Gasteiger partial charge in [0.25, 0.3) is 11.8 Å². The summed E-state index contributed by atoms with van der Waals surface area (Å²) in [5.74, 6) is -3.11. The fourth-order valence-corrected chi connectivity index (χ4v) is 6.70. The molecule has 6 unspecified atom stereocenters. The van der Waals surface area contributed by atoms with E-state index in [-0.39, 0.29) is 52.8 Å². The molecule has 0 aliphatic heterocycles. The Labute approximate surface area is 301 Å². The zero-order chi connectivity index (χ0) is 38.2. The number of fused-ring (bicyclic) bond motifs is 1. The predicted molar refractivity (Wildman–Crippen MR) is 196 cm³/mol. The van der Waals surface area contributed by atoms with Gasteiger partial charge in [0.15, 0.2) is 0 Å². The number of nitrogens with one attached hydrogen (secondary N) is 5. The molecular formula is C37H55N5O8S. The third-order valence-corrected chi connectivity index (χ3v) is 10.1. The maximum absolute atomic E-state index is 13.8. The maximum Gasteiger partial charge on any atom is 0.251 e. The number of anilines is 1. The van der Waals surface area contributed by atoms with Crippen molar-refractivity contribution in [2.45, 2.75) is 111 Å². The Morgan fingerprint density at radius 2 is 1.47 bits per heavy atom. The van der Waals surface area contributed by atoms with E-state index in [2.05, 4.69) is 26.0 Å². The van der Waals surface area contributed by atoms with Crippen molar-refractivity contribution in [1.29, 1.82) is 0 Å². The summed E-state index contributed by atoms with van der Waals surface area (Å²) in [6.07, 6.45) is -1.34. The third-order valence-electron chi connectivity index (χ3n) is 8.83. The van der Waals surface area contributed by atoms with Crippen molar-refractivity contribution < 1.29 is 37.8 Å². The van der Waals surface area contributed by atoms with Gasteiger partial charge in [-0.2, -0.15) is 0 Å². The van der Waals surface area contributed by atoms with Crippen LogP contribution in [-0.2, 0) is 26.0 Å². The fraction of sp³-hybridized carbons (Fsp3) is 0.568. The number of sulfonamides is 1. The average molecular weight is 730 g/mol. The van der Waals surface area contributed by atoms with E-state index in [0.717, 1.165) is 11.1 Å². The highest BCUT2D eigenvalue weighted by Gasteiger charge is 2.33. The van der Waals surface area contributed by atoms with Crippen LogP contribution in [-0.4, -0.2) is 78.3 Å². The van der Waals surface area contributed by atoms with Crippen LogP contribution in [0.1, 0.15) is 106 Å². The summed E-state index contributed by atoms with van der Waals surface area (Å²) < 4.78 is 27.4. The first-order valence-corrected chi connectivity index (χ1v) is 19.3. The van der Waals surface area contributed by atoms with Crippen LogP contribution in [0, 0.1) is 17.8 Å². The molecule has 7 N–H and O–H groups in total. The van der Waals surface area contributed by atoms with Crippen molar-refractivity contribution in [2.24, 2.45) is 17.8 Å². The molecule has 3 rings (SSSR count). The van der Waals surface area contributed by atoms with E-state index in [1.807, 2.05) is 65.8 Å². The molecule has 14 heteroatoms. The van der Waals surface area contributed by atoms with Gasteiger partial charge in [0.1, 0.15) is 6.04 Å². The number of benzene rings is 2. The number of rotatable bonds is 17. The van der Waals surface area contributed by atoms with Crippen molar-refractivity contribution in [2.75, 3.05) is 10.5 Å². The second-order valence-corrected chi connectivity index (χ2v) is 16.5. The molecule has 0 heterocycles. The molecule has 4 amide bonds. The molecule has 13 nitrogen and oxygen atoms in total. The fourth-order valence-electron chi connectivity index (χ4n) is 6.08. The number of aliphatic hydroxyl groups excluding tert-OH is 2. The lowest BCUT2D eigenvalue weighted by atomic mass is 9.91. The normalized spacial score (nSPS) is 18.1. The van der Waals surface area contributed by atoms with Crippen molar-refractivity contribution in [3.63, 3.8) is 0 Å². The SMILES string of the molecule is CCS(=O)(=O)Nc1cc(C(=O)NC(CC(C)C)C(O)CC(C)C(=O)NC(C(=O)NC(C)C)C(C)C)cc(C(=O)NC2c3ccccc3CC2O)c1. The van der Waals surface area contributed by atoms with Crippen LogP contribution in [0.4, 0.5) is 5.69 Å². The Morgan fingerprint density at radius 3 is 2.06 bits per heavy atom. The van der Waals surface area contributed by atoms with Crippen LogP contribution in [0.2, 0.25) is 0 Å². The summed E-state index contributed by atoms with van der Waals surface area (Å²) in [4.78, 5) is 53.2. The van der Waals surface area contributed by atoms with E-state index in [1.54, 1.807) is 6.92 Å². The Balaban J connectivity index is 1.84. The molecule has 2 aromatic rings. The Morgan fingerprint density at radius 1 is 0.843 bits per heavy atom. The van der Waals surface area contributed by atoms with E-state index in [9.17, 15) is 37.8 Å².